The molecule has 148 valence electrons. The van der Waals surface area contributed by atoms with Crippen molar-refractivity contribution >= 4 is 5.78 Å². The maximum atomic E-state index is 13.5. The van der Waals surface area contributed by atoms with Gasteiger partial charge in [-0.2, -0.15) is 0 Å². The molecule has 0 bridgehead atoms. The van der Waals surface area contributed by atoms with Gasteiger partial charge in [-0.25, -0.2) is 0 Å². The number of hydrogen-bond acceptors (Lipinski definition) is 3. The van der Waals surface area contributed by atoms with Crippen LogP contribution in [0.15, 0.2) is 12.1 Å². The fraction of sp³-hybridized carbons (Fsp3) is 0.708. The Morgan fingerprint density at radius 2 is 1.63 bits per heavy atom. The fourth-order valence-electron chi connectivity index (χ4n) is 7.45. The van der Waals surface area contributed by atoms with Crippen LogP contribution in [-0.4, -0.2) is 20.0 Å². The van der Waals surface area contributed by atoms with E-state index in [2.05, 4.69) is 33.8 Å². The van der Waals surface area contributed by atoms with Gasteiger partial charge in [0.25, 0.3) is 0 Å². The van der Waals surface area contributed by atoms with Gasteiger partial charge in [-0.3, -0.25) is 4.79 Å². The molecule has 3 aliphatic rings. The minimum atomic E-state index is -0.108. The van der Waals surface area contributed by atoms with E-state index in [1.807, 2.05) is 6.07 Å². The van der Waals surface area contributed by atoms with Gasteiger partial charge >= 0.3 is 0 Å². The molecule has 0 amide bonds. The van der Waals surface area contributed by atoms with Crippen molar-refractivity contribution in [1.29, 1.82) is 0 Å². The SMILES string of the molecule is COc1cc2c(cc1OC)[C@]1(C)CCC3C(C)(C)CCC[C@]3(C)C1C(=O)C2. The lowest BCUT2D eigenvalue weighted by Crippen LogP contribution is -2.60. The van der Waals surface area contributed by atoms with Crippen LogP contribution >= 0.6 is 0 Å². The molecule has 0 aliphatic heterocycles. The third kappa shape index (κ3) is 2.49. The Kier molecular flexibility index (Phi) is 4.18. The van der Waals surface area contributed by atoms with Crippen molar-refractivity contribution in [2.24, 2.45) is 22.7 Å². The first kappa shape index (κ1) is 18.8. The first-order valence-corrected chi connectivity index (χ1v) is 10.5. The number of ketones is 1. The molecule has 2 saturated carbocycles. The molecule has 0 aromatic heterocycles. The van der Waals surface area contributed by atoms with E-state index in [-0.39, 0.29) is 16.7 Å². The zero-order valence-electron chi connectivity index (χ0n) is 17.8. The summed E-state index contributed by atoms with van der Waals surface area (Å²) in [4.78, 5) is 13.5. The smallest absolute Gasteiger partial charge is 0.161 e. The third-order valence-corrected chi connectivity index (χ3v) is 8.44. The van der Waals surface area contributed by atoms with Gasteiger partial charge in [0.05, 0.1) is 14.2 Å². The van der Waals surface area contributed by atoms with Crippen LogP contribution in [0.5, 0.6) is 11.5 Å². The lowest BCUT2D eigenvalue weighted by Gasteiger charge is -2.63. The minimum Gasteiger partial charge on any atom is -0.493 e. The second-order valence-electron chi connectivity index (χ2n) is 10.3. The number of fused-ring (bicyclic) bond motifs is 5. The van der Waals surface area contributed by atoms with E-state index in [1.165, 1.54) is 31.2 Å². The van der Waals surface area contributed by atoms with E-state index in [1.54, 1.807) is 14.2 Å². The summed E-state index contributed by atoms with van der Waals surface area (Å²) in [5, 5.41) is 0. The molecule has 2 fully saturated rings. The van der Waals surface area contributed by atoms with Crippen molar-refractivity contribution < 1.29 is 14.3 Å². The Labute approximate surface area is 163 Å². The maximum absolute atomic E-state index is 13.5. The van der Waals surface area contributed by atoms with Crippen molar-refractivity contribution in [3.63, 3.8) is 0 Å². The predicted octanol–water partition coefficient (Wildman–Crippen LogP) is 5.33. The second kappa shape index (κ2) is 5.99. The summed E-state index contributed by atoms with van der Waals surface area (Å²) in [6.07, 6.45) is 6.51. The normalized spacial score (nSPS) is 37.0. The molecule has 0 saturated heterocycles. The molecule has 0 N–H and O–H groups in total. The molecule has 3 nitrogen and oxygen atoms in total. The number of methoxy groups -OCH3 is 2. The van der Waals surface area contributed by atoms with Crippen molar-refractivity contribution in [3.05, 3.63) is 23.3 Å². The Balaban J connectivity index is 1.87. The zero-order valence-corrected chi connectivity index (χ0v) is 17.8. The molecular formula is C24H34O3. The van der Waals surface area contributed by atoms with E-state index in [0.717, 1.165) is 23.5 Å². The van der Waals surface area contributed by atoms with Crippen LogP contribution in [0.2, 0.25) is 0 Å². The van der Waals surface area contributed by atoms with Crippen LogP contribution in [0.4, 0.5) is 0 Å². The summed E-state index contributed by atoms with van der Waals surface area (Å²) in [6, 6.07) is 4.19. The average Bonchev–Trinajstić information content (AvgIpc) is 2.59. The summed E-state index contributed by atoms with van der Waals surface area (Å²) in [6.45, 7) is 9.60. The van der Waals surface area contributed by atoms with Crippen LogP contribution in [0, 0.1) is 22.7 Å². The summed E-state index contributed by atoms with van der Waals surface area (Å²) in [5.74, 6) is 2.67. The molecule has 0 radical (unpaired) electrons. The van der Waals surface area contributed by atoms with Gasteiger partial charge in [-0.05, 0) is 65.7 Å². The number of Topliss-reactive ketones (excluding diaryl/α,β-unsaturated/α-hetero) is 1. The lowest BCUT2D eigenvalue weighted by atomic mass is 9.40. The Morgan fingerprint density at radius 3 is 2.30 bits per heavy atom. The number of rotatable bonds is 2. The van der Waals surface area contributed by atoms with E-state index in [4.69, 9.17) is 9.47 Å². The maximum Gasteiger partial charge on any atom is 0.161 e. The van der Waals surface area contributed by atoms with Crippen molar-refractivity contribution in [3.8, 4) is 11.5 Å². The van der Waals surface area contributed by atoms with Gasteiger partial charge in [0.2, 0.25) is 0 Å². The fourth-order valence-corrected chi connectivity index (χ4v) is 7.45. The van der Waals surface area contributed by atoms with Gasteiger partial charge in [0.1, 0.15) is 5.78 Å². The monoisotopic (exact) mass is 370 g/mol. The van der Waals surface area contributed by atoms with E-state index in [0.29, 0.717) is 23.5 Å². The van der Waals surface area contributed by atoms with E-state index in [9.17, 15) is 4.79 Å². The first-order valence-electron chi connectivity index (χ1n) is 10.5. The van der Waals surface area contributed by atoms with Crippen LogP contribution in [0.1, 0.15) is 70.9 Å². The molecule has 0 spiro atoms. The molecule has 1 aromatic rings. The topological polar surface area (TPSA) is 35.5 Å². The lowest BCUT2D eigenvalue weighted by molar-refractivity contribution is -0.150. The van der Waals surface area contributed by atoms with Crippen LogP contribution in [-0.2, 0) is 16.6 Å². The van der Waals surface area contributed by atoms with Crippen molar-refractivity contribution in [1.82, 2.24) is 0 Å². The standard InChI is InChI=1S/C24H34O3/c1-22(2)9-7-10-24(4)20(22)8-11-23(3)16-14-19(27-6)18(26-5)13-15(16)12-17(25)21(23)24/h13-14,20-21H,7-12H2,1-6H3/t20?,21?,23-,24-/m0/s1. The summed E-state index contributed by atoms with van der Waals surface area (Å²) < 4.78 is 11.1. The molecule has 3 aliphatic carbocycles. The quantitative estimate of drug-likeness (QED) is 0.706. The Hall–Kier alpha value is -1.51. The number of carbonyl (C=O) groups is 1. The van der Waals surface area contributed by atoms with Crippen LogP contribution < -0.4 is 9.47 Å². The molecule has 3 heteroatoms. The number of ether oxygens (including phenoxy) is 2. The first-order chi connectivity index (χ1) is 12.7. The third-order valence-electron chi connectivity index (χ3n) is 8.44. The highest BCUT2D eigenvalue weighted by Crippen LogP contribution is 2.66. The zero-order chi connectivity index (χ0) is 19.6. The molecule has 2 unspecified atom stereocenters. The molecular weight excluding hydrogens is 336 g/mol. The van der Waals surface area contributed by atoms with Gasteiger partial charge in [0.15, 0.2) is 11.5 Å². The number of benzene rings is 1. The molecule has 4 rings (SSSR count). The molecule has 27 heavy (non-hydrogen) atoms. The highest BCUT2D eigenvalue weighted by molar-refractivity contribution is 5.89. The second-order valence-corrected chi connectivity index (χ2v) is 10.3. The van der Waals surface area contributed by atoms with Crippen LogP contribution in [0.25, 0.3) is 0 Å². The van der Waals surface area contributed by atoms with E-state index < -0.39 is 0 Å². The van der Waals surface area contributed by atoms with Gasteiger partial charge < -0.3 is 9.47 Å². The predicted molar refractivity (Wildman–Crippen MR) is 108 cm³/mol. The van der Waals surface area contributed by atoms with Crippen LogP contribution in [0.3, 0.4) is 0 Å². The van der Waals surface area contributed by atoms with Gasteiger partial charge in [0, 0.05) is 17.8 Å². The Bertz CT molecular complexity index is 780. The number of hydrogen-bond donors (Lipinski definition) is 0. The number of carbonyl (C=O) groups excluding carboxylic acids is 1. The summed E-state index contributed by atoms with van der Waals surface area (Å²) >= 11 is 0. The van der Waals surface area contributed by atoms with Gasteiger partial charge in [-0.15, -0.1) is 0 Å². The Morgan fingerprint density at radius 1 is 0.963 bits per heavy atom. The highest BCUT2D eigenvalue weighted by atomic mass is 16.5. The van der Waals surface area contributed by atoms with Gasteiger partial charge in [-0.1, -0.05) is 34.1 Å². The average molecular weight is 371 g/mol. The highest BCUT2D eigenvalue weighted by Gasteiger charge is 2.62. The minimum absolute atomic E-state index is 0.0939. The molecule has 0 heterocycles. The molecule has 1 aromatic carbocycles. The largest absolute Gasteiger partial charge is 0.493 e. The summed E-state index contributed by atoms with van der Waals surface area (Å²) in [5.41, 5.74) is 2.76. The van der Waals surface area contributed by atoms with Crippen molar-refractivity contribution in [2.45, 2.75) is 71.6 Å². The van der Waals surface area contributed by atoms with E-state index >= 15 is 0 Å². The molecule has 4 atom stereocenters. The summed E-state index contributed by atoms with van der Waals surface area (Å²) in [7, 11) is 3.36. The van der Waals surface area contributed by atoms with Crippen molar-refractivity contribution in [2.75, 3.05) is 14.2 Å².